The van der Waals surface area contributed by atoms with Crippen LogP contribution in [0.25, 0.3) is 11.1 Å². The fraction of sp³-hybridized carbons (Fsp3) is 0.229. The Morgan fingerprint density at radius 3 is 2.21 bits per heavy atom. The summed E-state index contributed by atoms with van der Waals surface area (Å²) >= 11 is 6.94. The quantitative estimate of drug-likeness (QED) is 0.156. The van der Waals surface area contributed by atoms with Gasteiger partial charge in [0.1, 0.15) is 17.9 Å². The molecule has 0 spiro atoms. The zero-order chi connectivity index (χ0) is 30.8. The lowest BCUT2D eigenvalue weighted by atomic mass is 9.93. The molecule has 1 amide bonds. The molecule has 4 aromatic rings. The number of benzene rings is 4. The molecule has 222 valence electrons. The number of para-hydroxylation sites is 1. The van der Waals surface area contributed by atoms with Gasteiger partial charge in [0.05, 0.1) is 0 Å². The molecular formula is C35H35ClN2O4S. The van der Waals surface area contributed by atoms with Gasteiger partial charge in [-0.2, -0.15) is 11.8 Å². The molecule has 0 heterocycles. The third kappa shape index (κ3) is 8.27. The zero-order valence-corrected chi connectivity index (χ0v) is 26.1. The Hall–Kier alpha value is -4.07. The van der Waals surface area contributed by atoms with Gasteiger partial charge in [-0.25, -0.2) is 4.79 Å². The molecule has 0 fully saturated rings. The second-order valence-corrected chi connectivity index (χ2v) is 11.5. The Labute approximate surface area is 262 Å². The summed E-state index contributed by atoms with van der Waals surface area (Å²) in [5.41, 5.74) is 6.67. The Balaban J connectivity index is 1.76. The van der Waals surface area contributed by atoms with Gasteiger partial charge in [0, 0.05) is 29.9 Å². The van der Waals surface area contributed by atoms with Crippen LogP contribution in [-0.4, -0.2) is 35.7 Å². The van der Waals surface area contributed by atoms with Crippen LogP contribution < -0.4 is 10.2 Å². The maximum absolute atomic E-state index is 13.6. The van der Waals surface area contributed by atoms with Crippen molar-refractivity contribution in [1.29, 1.82) is 0 Å². The van der Waals surface area contributed by atoms with E-state index in [1.165, 1.54) is 0 Å². The summed E-state index contributed by atoms with van der Waals surface area (Å²) in [6.45, 7) is 4.66. The highest BCUT2D eigenvalue weighted by atomic mass is 35.5. The molecule has 1 atom stereocenters. The highest BCUT2D eigenvalue weighted by Gasteiger charge is 2.25. The van der Waals surface area contributed by atoms with Crippen molar-refractivity contribution in [2.24, 2.45) is 0 Å². The number of hydrogen-bond acceptors (Lipinski definition) is 6. The first-order chi connectivity index (χ1) is 20.8. The molecule has 1 unspecified atom stereocenters. The number of thioether (sulfide) groups is 1. The number of carbonyl (C=O) groups excluding carboxylic acids is 3. The molecule has 0 saturated carbocycles. The van der Waals surface area contributed by atoms with E-state index < -0.39 is 12.0 Å². The van der Waals surface area contributed by atoms with Crippen LogP contribution in [0.4, 0.5) is 5.69 Å². The molecule has 0 aliphatic heterocycles. The summed E-state index contributed by atoms with van der Waals surface area (Å²) < 4.78 is 4.44. The number of nitrogens with one attached hydrogen (secondary N) is 1. The van der Waals surface area contributed by atoms with Crippen molar-refractivity contribution in [2.45, 2.75) is 39.4 Å². The maximum Gasteiger partial charge on any atom is 0.346 e. The monoisotopic (exact) mass is 614 g/mol. The van der Waals surface area contributed by atoms with E-state index in [9.17, 15) is 14.4 Å². The number of aryl methyl sites for hydroxylation is 1. The van der Waals surface area contributed by atoms with Gasteiger partial charge in [0.15, 0.2) is 5.78 Å². The lowest BCUT2D eigenvalue weighted by molar-refractivity contribution is -0.136. The Bertz CT molecular complexity index is 1580. The molecular weight excluding hydrogens is 580 g/mol. The number of carbonyl (C=O) groups is 3. The second kappa shape index (κ2) is 15.4. The molecule has 8 heteroatoms. The molecule has 43 heavy (non-hydrogen) atoms. The third-order valence-electron chi connectivity index (χ3n) is 7.25. The first-order valence-electron chi connectivity index (χ1n) is 14.0. The lowest BCUT2D eigenvalue weighted by Gasteiger charge is -2.27. The van der Waals surface area contributed by atoms with Crippen LogP contribution in [0.1, 0.15) is 50.8 Å². The largest absolute Gasteiger partial charge is 0.362 e. The number of hydrogen-bond donors (Lipinski definition) is 1. The van der Waals surface area contributed by atoms with Crippen molar-refractivity contribution >= 4 is 47.0 Å². The fourth-order valence-corrected chi connectivity index (χ4v) is 5.64. The number of amides is 1. The van der Waals surface area contributed by atoms with E-state index in [0.29, 0.717) is 36.4 Å². The average Bonchev–Trinajstić information content (AvgIpc) is 3.03. The number of rotatable bonds is 13. The number of ketones is 1. The minimum absolute atomic E-state index is 0.00669. The van der Waals surface area contributed by atoms with E-state index in [2.05, 4.69) is 26.6 Å². The van der Waals surface area contributed by atoms with E-state index in [0.717, 1.165) is 33.5 Å². The molecule has 0 radical (unpaired) electrons. The van der Waals surface area contributed by atoms with Crippen molar-refractivity contribution in [2.75, 3.05) is 16.9 Å². The standard InChI is InChI=1S/C35H35ClN2O4S/c1-24-11-7-8-14-28(24)31-21-27(17-18-30(31)34(40)37-32(19-20-43-3)35(41)42-36)23-38(22-26-12-5-4-6-13-26)33-16-10-9-15-29(33)25(2)39/h4-18,21,32H,19-20,22-23H2,1-3H3,(H,37,40). The van der Waals surface area contributed by atoms with Gasteiger partial charge in [-0.3, -0.25) is 9.59 Å². The van der Waals surface area contributed by atoms with Crippen molar-refractivity contribution in [1.82, 2.24) is 5.32 Å². The van der Waals surface area contributed by atoms with Crippen LogP contribution in [0, 0.1) is 6.92 Å². The van der Waals surface area contributed by atoms with Gasteiger partial charge in [-0.15, -0.1) is 0 Å². The van der Waals surface area contributed by atoms with Crippen LogP contribution in [0.5, 0.6) is 0 Å². The van der Waals surface area contributed by atoms with E-state index >= 15 is 0 Å². The average molecular weight is 615 g/mol. The summed E-state index contributed by atoms with van der Waals surface area (Å²) in [7, 11) is 0. The molecule has 4 rings (SSSR count). The molecule has 0 saturated heterocycles. The summed E-state index contributed by atoms with van der Waals surface area (Å²) in [5.74, 6) is -0.438. The molecule has 1 N–H and O–H groups in total. The predicted octanol–water partition coefficient (Wildman–Crippen LogP) is 7.62. The number of Topliss-reactive ketones (excluding diaryl/α,β-unsaturated/α-hetero) is 1. The highest BCUT2D eigenvalue weighted by molar-refractivity contribution is 7.98. The molecule has 0 aliphatic rings. The van der Waals surface area contributed by atoms with Crippen molar-refractivity contribution in [3.8, 4) is 11.1 Å². The summed E-state index contributed by atoms with van der Waals surface area (Å²) in [6.07, 6.45) is 2.32. The van der Waals surface area contributed by atoms with Crippen LogP contribution in [-0.2, 0) is 22.2 Å². The maximum atomic E-state index is 13.6. The van der Waals surface area contributed by atoms with Gasteiger partial charge in [-0.05, 0) is 84.4 Å². The van der Waals surface area contributed by atoms with Crippen LogP contribution in [0.2, 0.25) is 0 Å². The van der Waals surface area contributed by atoms with E-state index in [4.69, 9.17) is 11.9 Å². The SMILES string of the molecule is CSCCC(NC(=O)c1ccc(CN(Cc2ccccc2)c2ccccc2C(C)=O)cc1-c1ccccc1C)C(=O)OCl. The first-order valence-corrected chi connectivity index (χ1v) is 15.7. The number of anilines is 1. The Morgan fingerprint density at radius 1 is 0.837 bits per heavy atom. The summed E-state index contributed by atoms with van der Waals surface area (Å²) in [4.78, 5) is 40.7. The van der Waals surface area contributed by atoms with E-state index in [1.807, 2.05) is 92.0 Å². The second-order valence-electron chi connectivity index (χ2n) is 10.3. The Kier molecular flexibility index (Phi) is 11.4. The van der Waals surface area contributed by atoms with Gasteiger partial charge in [0.25, 0.3) is 5.91 Å². The fourth-order valence-electron chi connectivity index (χ4n) is 5.06. The lowest BCUT2D eigenvalue weighted by Crippen LogP contribution is -2.41. The van der Waals surface area contributed by atoms with Gasteiger partial charge >= 0.3 is 5.97 Å². The third-order valence-corrected chi connectivity index (χ3v) is 8.05. The van der Waals surface area contributed by atoms with E-state index in [-0.39, 0.29) is 11.7 Å². The molecule has 4 aromatic carbocycles. The summed E-state index contributed by atoms with van der Waals surface area (Å²) in [6, 6.07) is 30.5. The van der Waals surface area contributed by atoms with Crippen molar-refractivity contribution in [3.63, 3.8) is 0 Å². The summed E-state index contributed by atoms with van der Waals surface area (Å²) in [5, 5.41) is 2.83. The van der Waals surface area contributed by atoms with Crippen LogP contribution >= 0.6 is 23.6 Å². The van der Waals surface area contributed by atoms with Gasteiger partial charge < -0.3 is 14.5 Å². The van der Waals surface area contributed by atoms with Crippen molar-refractivity contribution in [3.05, 3.63) is 125 Å². The van der Waals surface area contributed by atoms with Gasteiger partial charge in [-0.1, -0.05) is 72.8 Å². The highest BCUT2D eigenvalue weighted by Crippen LogP contribution is 2.31. The number of halogens is 1. The van der Waals surface area contributed by atoms with Crippen LogP contribution in [0.15, 0.2) is 97.1 Å². The molecule has 0 aromatic heterocycles. The minimum Gasteiger partial charge on any atom is -0.362 e. The van der Waals surface area contributed by atoms with Gasteiger partial charge in [0.2, 0.25) is 0 Å². The van der Waals surface area contributed by atoms with Crippen LogP contribution in [0.3, 0.4) is 0 Å². The molecule has 6 nitrogen and oxygen atoms in total. The smallest absolute Gasteiger partial charge is 0.346 e. The topological polar surface area (TPSA) is 75.7 Å². The molecule has 0 aliphatic carbocycles. The normalized spacial score (nSPS) is 11.4. The van der Waals surface area contributed by atoms with E-state index in [1.54, 1.807) is 24.8 Å². The zero-order valence-electron chi connectivity index (χ0n) is 24.5. The molecule has 0 bridgehead atoms. The number of nitrogens with zero attached hydrogens (tertiary/aromatic N) is 1. The predicted molar refractivity (Wildman–Crippen MR) is 176 cm³/mol. The first kappa shape index (κ1) is 31.9. The minimum atomic E-state index is -0.869. The van der Waals surface area contributed by atoms with Crippen molar-refractivity contribution < 1.29 is 18.7 Å². The Morgan fingerprint density at radius 2 is 1.51 bits per heavy atom.